The van der Waals surface area contributed by atoms with Crippen LogP contribution in [0.4, 0.5) is 15.0 Å². The van der Waals surface area contributed by atoms with Crippen molar-refractivity contribution >= 4 is 11.9 Å². The largest absolute Gasteiger partial charge is 0.468 e. The molecule has 0 aliphatic carbocycles. The minimum Gasteiger partial charge on any atom is -0.468 e. The second kappa shape index (κ2) is 6.44. The zero-order valence-electron chi connectivity index (χ0n) is 15.9. The Bertz CT molecular complexity index is 847. The van der Waals surface area contributed by atoms with Gasteiger partial charge < -0.3 is 20.5 Å². The van der Waals surface area contributed by atoms with E-state index in [9.17, 15) is 9.90 Å². The summed E-state index contributed by atoms with van der Waals surface area (Å²) in [7, 11) is 0. The molecule has 0 saturated carbocycles. The highest BCUT2D eigenvalue weighted by Gasteiger charge is 2.58. The Hall–Kier alpha value is -2.77. The van der Waals surface area contributed by atoms with Gasteiger partial charge in [-0.15, -0.1) is 5.10 Å². The highest BCUT2D eigenvalue weighted by Crippen LogP contribution is 2.43. The molecule has 1 amide bonds. The van der Waals surface area contributed by atoms with Crippen molar-refractivity contribution in [3.8, 4) is 11.6 Å². The number of aromatic nitrogens is 2. The van der Waals surface area contributed by atoms with Crippen molar-refractivity contribution in [3.63, 3.8) is 0 Å². The molecule has 0 unspecified atom stereocenters. The molecular weight excluding hydrogens is 351 g/mol. The third kappa shape index (κ3) is 3.20. The van der Waals surface area contributed by atoms with E-state index in [4.69, 9.17) is 10.5 Å². The predicted octanol–water partition coefficient (Wildman–Crippen LogP) is 3.26. The van der Waals surface area contributed by atoms with Crippen LogP contribution in [-0.4, -0.2) is 50.7 Å². The maximum atomic E-state index is 15.8. The molecule has 1 aliphatic heterocycles. The van der Waals surface area contributed by atoms with Gasteiger partial charge in [0.25, 0.3) is 0 Å². The first-order chi connectivity index (χ1) is 12.5. The average molecular weight is 376 g/mol. The summed E-state index contributed by atoms with van der Waals surface area (Å²) >= 11 is 0. The van der Waals surface area contributed by atoms with E-state index in [-0.39, 0.29) is 19.0 Å². The fourth-order valence-corrected chi connectivity index (χ4v) is 3.29. The van der Waals surface area contributed by atoms with Crippen LogP contribution in [0.2, 0.25) is 0 Å². The first kappa shape index (κ1) is 19.0. The summed E-state index contributed by atoms with van der Waals surface area (Å²) in [4.78, 5) is 12.4. The number of nitrogens with two attached hydrogens (primary N) is 1. The lowest BCUT2D eigenvalue weighted by Crippen LogP contribution is -2.51. The molecule has 0 spiro atoms. The molecule has 3 rings (SSSR count). The van der Waals surface area contributed by atoms with Gasteiger partial charge in [-0.25, -0.2) is 13.9 Å². The minimum atomic E-state index is -1.86. The van der Waals surface area contributed by atoms with Gasteiger partial charge in [0.1, 0.15) is 5.82 Å². The number of benzene rings is 1. The van der Waals surface area contributed by atoms with Gasteiger partial charge in [0.2, 0.25) is 5.88 Å². The van der Waals surface area contributed by atoms with Crippen molar-refractivity contribution in [1.82, 2.24) is 14.7 Å². The van der Waals surface area contributed by atoms with E-state index >= 15 is 4.39 Å². The third-order valence-corrected chi connectivity index (χ3v) is 5.21. The Morgan fingerprint density at radius 1 is 1.37 bits per heavy atom. The lowest BCUT2D eigenvalue weighted by molar-refractivity contribution is -0.0377. The van der Waals surface area contributed by atoms with Gasteiger partial charge >= 0.3 is 6.09 Å². The number of likely N-dealkylation sites (tertiary alicyclic amines) is 1. The van der Waals surface area contributed by atoms with E-state index in [0.717, 1.165) is 10.6 Å². The number of nitrogens with zero attached hydrogens (tertiary/aromatic N) is 3. The molecule has 1 aromatic heterocycles. The fraction of sp³-hybridized carbons (Fsp3) is 0.474. The molecule has 8 heteroatoms. The van der Waals surface area contributed by atoms with Gasteiger partial charge in [0.05, 0.1) is 24.3 Å². The lowest BCUT2D eigenvalue weighted by atomic mass is 9.76. The van der Waals surface area contributed by atoms with E-state index in [1.165, 1.54) is 4.68 Å². The minimum absolute atomic E-state index is 0.0688. The lowest BCUT2D eigenvalue weighted by Gasteiger charge is -2.37. The second-order valence-electron chi connectivity index (χ2n) is 7.94. The number of ether oxygens (including phenoxy) is 1. The Morgan fingerprint density at radius 3 is 2.56 bits per heavy atom. The number of hydrogen-bond acceptors (Lipinski definition) is 4. The topological polar surface area (TPSA) is 93.6 Å². The molecule has 0 bridgehead atoms. The summed E-state index contributed by atoms with van der Waals surface area (Å²) in [6.45, 7) is 6.64. The van der Waals surface area contributed by atoms with Gasteiger partial charge in [0.15, 0.2) is 11.8 Å². The number of carboxylic acid groups (broad SMARTS) is 1. The quantitative estimate of drug-likeness (QED) is 0.858. The van der Waals surface area contributed by atoms with Crippen molar-refractivity contribution in [2.24, 2.45) is 5.41 Å². The number of nitrogen functional groups attached to an aromatic ring is 1. The van der Waals surface area contributed by atoms with Gasteiger partial charge in [-0.3, -0.25) is 0 Å². The highest BCUT2D eigenvalue weighted by molar-refractivity contribution is 5.66. The van der Waals surface area contributed by atoms with Gasteiger partial charge in [-0.2, -0.15) is 0 Å². The fourth-order valence-electron chi connectivity index (χ4n) is 3.29. The van der Waals surface area contributed by atoms with E-state index < -0.39 is 23.3 Å². The van der Waals surface area contributed by atoms with Crippen molar-refractivity contribution in [1.29, 1.82) is 0 Å². The van der Waals surface area contributed by atoms with E-state index in [0.29, 0.717) is 11.4 Å². The molecular formula is C19H25FN4O3. The van der Waals surface area contributed by atoms with Crippen LogP contribution in [-0.2, 0) is 0 Å². The third-order valence-electron chi connectivity index (χ3n) is 5.21. The highest BCUT2D eigenvalue weighted by atomic mass is 19.1. The molecule has 3 N–H and O–H groups in total. The van der Waals surface area contributed by atoms with Gasteiger partial charge in [0, 0.05) is 5.41 Å². The van der Waals surface area contributed by atoms with Crippen LogP contribution in [0, 0.1) is 12.3 Å². The molecule has 2 aromatic rings. The monoisotopic (exact) mass is 376 g/mol. The van der Waals surface area contributed by atoms with Crippen molar-refractivity contribution in [2.45, 2.75) is 39.5 Å². The summed E-state index contributed by atoms with van der Waals surface area (Å²) in [5, 5.41) is 13.7. The smallest absolute Gasteiger partial charge is 0.407 e. The number of anilines is 1. The molecule has 2 atom stereocenters. The number of hydrogen-bond donors (Lipinski definition) is 2. The standard InChI is InChI=1S/C19H25FN4O3/c1-12-15(21)24(13-8-6-5-7-9-13)22-16(12)27-14-10-23(17(25)26)11-19(14,20)18(2,3)4/h5-9,14H,10-11,21H2,1-4H3,(H,25,26)/t14-,19+/m0/s1. The molecule has 146 valence electrons. The van der Waals surface area contributed by atoms with Crippen molar-refractivity contribution in [3.05, 3.63) is 35.9 Å². The maximum absolute atomic E-state index is 15.8. The molecule has 7 nitrogen and oxygen atoms in total. The summed E-state index contributed by atoms with van der Waals surface area (Å²) < 4.78 is 23.3. The Labute approximate surface area is 157 Å². The SMILES string of the molecule is Cc1c(O[C@H]2CN(C(=O)O)C[C@]2(F)C(C)(C)C)nn(-c2ccccc2)c1N. The van der Waals surface area contributed by atoms with Crippen molar-refractivity contribution in [2.75, 3.05) is 18.8 Å². The molecule has 2 heterocycles. The molecule has 1 fully saturated rings. The van der Waals surface area contributed by atoms with Crippen LogP contribution in [0.3, 0.4) is 0 Å². The first-order valence-electron chi connectivity index (χ1n) is 8.78. The van der Waals surface area contributed by atoms with Crippen LogP contribution < -0.4 is 10.5 Å². The Kier molecular flexibility index (Phi) is 4.53. The van der Waals surface area contributed by atoms with Crippen LogP contribution in [0.1, 0.15) is 26.3 Å². The van der Waals surface area contributed by atoms with Gasteiger partial charge in [-0.05, 0) is 19.1 Å². The summed E-state index contributed by atoms with van der Waals surface area (Å²) in [6, 6.07) is 9.31. The van der Waals surface area contributed by atoms with Crippen LogP contribution in [0.15, 0.2) is 30.3 Å². The molecule has 1 aliphatic rings. The van der Waals surface area contributed by atoms with E-state index in [1.807, 2.05) is 30.3 Å². The van der Waals surface area contributed by atoms with Gasteiger partial charge in [-0.1, -0.05) is 39.0 Å². The number of alkyl halides is 1. The van der Waals surface area contributed by atoms with Crippen LogP contribution in [0.25, 0.3) is 5.69 Å². The van der Waals surface area contributed by atoms with E-state index in [2.05, 4.69) is 5.10 Å². The zero-order chi connectivity index (χ0) is 20.0. The van der Waals surface area contributed by atoms with E-state index in [1.54, 1.807) is 27.7 Å². The summed E-state index contributed by atoms with van der Waals surface area (Å²) in [6.07, 6.45) is -2.15. The summed E-state index contributed by atoms with van der Waals surface area (Å²) in [5.74, 6) is 0.601. The Balaban J connectivity index is 1.95. The average Bonchev–Trinajstić information content (AvgIpc) is 3.09. The number of para-hydroxylation sites is 1. The zero-order valence-corrected chi connectivity index (χ0v) is 15.9. The number of carbonyl (C=O) groups is 1. The molecule has 27 heavy (non-hydrogen) atoms. The number of halogens is 1. The van der Waals surface area contributed by atoms with Crippen LogP contribution >= 0.6 is 0 Å². The summed E-state index contributed by atoms with van der Waals surface area (Å²) in [5.41, 5.74) is 4.83. The first-order valence-corrected chi connectivity index (χ1v) is 8.78. The molecule has 0 radical (unpaired) electrons. The Morgan fingerprint density at radius 2 is 2.00 bits per heavy atom. The van der Waals surface area contributed by atoms with Crippen LogP contribution in [0.5, 0.6) is 5.88 Å². The number of amides is 1. The van der Waals surface area contributed by atoms with Crippen molar-refractivity contribution < 1.29 is 19.0 Å². The number of rotatable bonds is 3. The predicted molar refractivity (Wildman–Crippen MR) is 100 cm³/mol. The second-order valence-corrected chi connectivity index (χ2v) is 7.94. The maximum Gasteiger partial charge on any atom is 0.407 e. The molecule has 1 saturated heterocycles. The normalized spacial score (nSPS) is 22.9. The molecule has 1 aromatic carbocycles.